The first kappa shape index (κ1) is 29.3. The van der Waals surface area contributed by atoms with Gasteiger partial charge in [0.05, 0.1) is 6.42 Å². The standard InChI is InChI=1S/C40H49N2O2/c1-8-42-34-23-33-31(22-30(34)25(2)24-39(42,4)5)36(26(3)44-35(43)20-27-14-10-9-11-15-27)32-21-28-16-12-18-41-19-13-17-29(38(28)41)37(32)40(33,6)7/h9-11,14-15,21-23,25-26H,8,12-13,16-20,24H2,1-7H3/q+1. The Morgan fingerprint density at radius 2 is 1.77 bits per heavy atom. The minimum atomic E-state index is -0.357. The number of aryl methyl sites for hydroxylation is 1. The molecule has 4 heteroatoms. The number of carbonyl (C=O) groups is 1. The van der Waals surface area contributed by atoms with Crippen molar-refractivity contribution in [3.63, 3.8) is 0 Å². The molecule has 0 N–H and O–H groups in total. The van der Waals surface area contributed by atoms with Crippen molar-refractivity contribution in [3.05, 3.63) is 98.1 Å². The number of nitrogens with zero attached hydrogens (tertiary/aromatic N) is 2. The van der Waals surface area contributed by atoms with E-state index >= 15 is 0 Å². The zero-order valence-electron chi connectivity index (χ0n) is 27.8. The van der Waals surface area contributed by atoms with Gasteiger partial charge in [0, 0.05) is 52.7 Å². The van der Waals surface area contributed by atoms with Gasteiger partial charge in [-0.3, -0.25) is 4.79 Å². The largest absolute Gasteiger partial charge is 0.457 e. The lowest BCUT2D eigenvalue weighted by Crippen LogP contribution is -2.50. The molecule has 230 valence electrons. The average molecular weight is 590 g/mol. The molecule has 0 saturated carbocycles. The number of benzene rings is 3. The van der Waals surface area contributed by atoms with Gasteiger partial charge in [-0.05, 0) is 104 Å². The van der Waals surface area contributed by atoms with Gasteiger partial charge in [0.25, 0.3) is 0 Å². The Morgan fingerprint density at radius 3 is 2.50 bits per heavy atom. The molecule has 4 nitrogen and oxygen atoms in total. The number of ether oxygens (including phenoxy) is 1. The molecule has 4 aliphatic rings. The van der Waals surface area contributed by atoms with Crippen LogP contribution in [0.15, 0.2) is 48.5 Å². The van der Waals surface area contributed by atoms with Gasteiger partial charge in [0.2, 0.25) is 5.36 Å². The zero-order chi connectivity index (χ0) is 31.0. The maximum Gasteiger partial charge on any atom is 0.310 e. The molecule has 2 atom stereocenters. The summed E-state index contributed by atoms with van der Waals surface area (Å²) in [7, 11) is 0. The van der Waals surface area contributed by atoms with Crippen molar-refractivity contribution in [2.45, 2.75) is 110 Å². The van der Waals surface area contributed by atoms with E-state index in [2.05, 4.69) is 76.1 Å². The van der Waals surface area contributed by atoms with Gasteiger partial charge in [0.15, 0.2) is 0 Å². The summed E-state index contributed by atoms with van der Waals surface area (Å²) >= 11 is 0. The number of hydrogen-bond donors (Lipinski definition) is 0. The molecule has 0 aromatic heterocycles. The number of fused-ring (bicyclic) bond motifs is 4. The van der Waals surface area contributed by atoms with Crippen molar-refractivity contribution < 1.29 is 9.53 Å². The molecule has 3 aliphatic heterocycles. The van der Waals surface area contributed by atoms with Crippen LogP contribution < -0.4 is 20.1 Å². The van der Waals surface area contributed by atoms with Crippen LogP contribution in [0, 0.1) is 0 Å². The highest BCUT2D eigenvalue weighted by molar-refractivity contribution is 5.83. The number of esters is 1. The van der Waals surface area contributed by atoms with Crippen molar-refractivity contribution in [1.82, 2.24) is 4.58 Å². The molecule has 1 aliphatic carbocycles. The van der Waals surface area contributed by atoms with Crippen LogP contribution in [0.5, 0.6) is 0 Å². The first-order valence-electron chi connectivity index (χ1n) is 17.0. The molecule has 0 bridgehead atoms. The van der Waals surface area contributed by atoms with Gasteiger partial charge in [-0.15, -0.1) is 0 Å². The van der Waals surface area contributed by atoms with Gasteiger partial charge in [-0.25, -0.2) is 4.58 Å². The summed E-state index contributed by atoms with van der Waals surface area (Å²) in [6.07, 6.45) is 5.69. The minimum absolute atomic E-state index is 0.102. The van der Waals surface area contributed by atoms with Crippen LogP contribution in [-0.2, 0) is 34.2 Å². The average Bonchev–Trinajstić information content (AvgIpc) is 2.97. The molecule has 3 aromatic rings. The second kappa shape index (κ2) is 10.6. The third-order valence-electron chi connectivity index (χ3n) is 11.2. The third kappa shape index (κ3) is 4.54. The lowest BCUT2D eigenvalue weighted by molar-refractivity contribution is -0.144. The quantitative estimate of drug-likeness (QED) is 0.263. The summed E-state index contributed by atoms with van der Waals surface area (Å²) in [6.45, 7) is 19.8. The Balaban J connectivity index is 1.49. The monoisotopic (exact) mass is 589 g/mol. The van der Waals surface area contributed by atoms with Gasteiger partial charge >= 0.3 is 5.97 Å². The number of anilines is 1. The number of carbonyl (C=O) groups excluding carboxylic acids is 1. The van der Waals surface area contributed by atoms with E-state index in [1.807, 2.05) is 30.3 Å². The van der Waals surface area contributed by atoms with Crippen molar-refractivity contribution in [2.24, 2.45) is 0 Å². The number of rotatable bonds is 5. The van der Waals surface area contributed by atoms with E-state index < -0.39 is 0 Å². The van der Waals surface area contributed by atoms with Gasteiger partial charge in [-0.1, -0.05) is 51.1 Å². The summed E-state index contributed by atoms with van der Waals surface area (Å²) in [5.41, 5.74) is 12.1. The van der Waals surface area contributed by atoms with E-state index in [9.17, 15) is 4.79 Å². The molecule has 2 unspecified atom stereocenters. The summed E-state index contributed by atoms with van der Waals surface area (Å²) in [5, 5.41) is 2.82. The fraction of sp³-hybridized carbons (Fsp3) is 0.500. The second-order valence-corrected chi connectivity index (χ2v) is 14.9. The Kier molecular flexibility index (Phi) is 7.06. The molecule has 7 rings (SSSR count). The maximum absolute atomic E-state index is 13.4. The van der Waals surface area contributed by atoms with Crippen LogP contribution in [0.2, 0.25) is 0 Å². The highest BCUT2D eigenvalue weighted by Crippen LogP contribution is 2.49. The van der Waals surface area contributed by atoms with Crippen molar-refractivity contribution in [1.29, 1.82) is 0 Å². The van der Waals surface area contributed by atoms with E-state index in [1.165, 1.54) is 68.1 Å². The molecule has 3 heterocycles. The fourth-order valence-electron chi connectivity index (χ4n) is 9.43. The SMILES string of the molecule is CCN1c2cc3c(cc2C(C)CC1(C)C)C(C(C)OC(=O)Cc1ccccc1)=c1cc2c4c(c1C3(C)C)CCC[N+]=4CCC2. The first-order valence-corrected chi connectivity index (χ1v) is 17.0. The smallest absolute Gasteiger partial charge is 0.310 e. The fourth-order valence-corrected chi connectivity index (χ4v) is 9.43. The number of hydrogen-bond acceptors (Lipinski definition) is 3. The summed E-state index contributed by atoms with van der Waals surface area (Å²) in [5.74, 6) is 0.285. The lowest BCUT2D eigenvalue weighted by atomic mass is 9.65. The van der Waals surface area contributed by atoms with E-state index in [4.69, 9.17) is 4.74 Å². The molecule has 0 radical (unpaired) electrons. The predicted octanol–water partition coefficient (Wildman–Crippen LogP) is 6.19. The summed E-state index contributed by atoms with van der Waals surface area (Å²) in [4.78, 5) is 16.0. The maximum atomic E-state index is 13.4. The van der Waals surface area contributed by atoms with E-state index in [0.717, 1.165) is 44.5 Å². The molecule has 0 saturated heterocycles. The van der Waals surface area contributed by atoms with Crippen LogP contribution in [0.25, 0.3) is 5.57 Å². The molecule has 0 fully saturated rings. The lowest BCUT2D eigenvalue weighted by Gasteiger charge is -2.48. The second-order valence-electron chi connectivity index (χ2n) is 14.9. The van der Waals surface area contributed by atoms with Gasteiger partial charge in [0.1, 0.15) is 19.2 Å². The Morgan fingerprint density at radius 1 is 1.05 bits per heavy atom. The first-order chi connectivity index (χ1) is 21.0. The van der Waals surface area contributed by atoms with E-state index in [0.29, 0.717) is 5.92 Å². The minimum Gasteiger partial charge on any atom is -0.457 e. The Hall–Kier alpha value is -3.40. The predicted molar refractivity (Wildman–Crippen MR) is 180 cm³/mol. The van der Waals surface area contributed by atoms with Crippen molar-refractivity contribution in [2.75, 3.05) is 24.5 Å². The third-order valence-corrected chi connectivity index (χ3v) is 11.2. The normalized spacial score (nSPS) is 21.5. The van der Waals surface area contributed by atoms with Crippen LogP contribution in [0.3, 0.4) is 0 Å². The highest BCUT2D eigenvalue weighted by atomic mass is 16.5. The molecule has 0 amide bonds. The van der Waals surface area contributed by atoms with Crippen LogP contribution >= 0.6 is 0 Å². The Bertz CT molecular complexity index is 1780. The molecule has 3 aromatic carbocycles. The molecular formula is C40H49N2O2+. The Labute approximate surface area is 263 Å². The van der Waals surface area contributed by atoms with E-state index in [1.54, 1.807) is 0 Å². The van der Waals surface area contributed by atoms with Gasteiger partial charge < -0.3 is 9.64 Å². The summed E-state index contributed by atoms with van der Waals surface area (Å²) < 4.78 is 9.03. The highest BCUT2D eigenvalue weighted by Gasteiger charge is 2.43. The molecular weight excluding hydrogens is 540 g/mol. The van der Waals surface area contributed by atoms with Crippen molar-refractivity contribution in [3.8, 4) is 0 Å². The van der Waals surface area contributed by atoms with Gasteiger partial charge in [-0.2, -0.15) is 0 Å². The van der Waals surface area contributed by atoms with Crippen LogP contribution in [0.1, 0.15) is 113 Å². The van der Waals surface area contributed by atoms with Crippen molar-refractivity contribution >= 4 is 17.2 Å². The molecule has 44 heavy (non-hydrogen) atoms. The van der Waals surface area contributed by atoms with E-state index in [-0.39, 0.29) is 29.4 Å². The van der Waals surface area contributed by atoms with Crippen LogP contribution in [0.4, 0.5) is 5.69 Å². The summed E-state index contributed by atoms with van der Waals surface area (Å²) in [6, 6.07) is 17.5. The topological polar surface area (TPSA) is 32.5 Å². The zero-order valence-corrected chi connectivity index (χ0v) is 27.8. The van der Waals surface area contributed by atoms with Crippen LogP contribution in [-0.4, -0.2) is 37.2 Å². The molecule has 0 spiro atoms.